The van der Waals surface area contributed by atoms with Crippen molar-refractivity contribution in [3.05, 3.63) is 58.7 Å². The molecule has 1 aliphatic carbocycles. The van der Waals surface area contributed by atoms with Crippen LogP contribution in [0.1, 0.15) is 80.6 Å². The Labute approximate surface area is 267 Å². The first-order chi connectivity index (χ1) is 21.3. The number of aliphatic hydroxyl groups is 2. The van der Waals surface area contributed by atoms with Crippen molar-refractivity contribution in [1.82, 2.24) is 0 Å². The van der Waals surface area contributed by atoms with E-state index in [2.05, 4.69) is 51.1 Å². The Morgan fingerprint density at radius 3 is 2.62 bits per heavy atom. The molecule has 9 heteroatoms. The summed E-state index contributed by atoms with van der Waals surface area (Å²) in [5, 5.41) is 36.8. The molecule has 3 fully saturated rings. The number of hydrogen-bond donors (Lipinski definition) is 3. The summed E-state index contributed by atoms with van der Waals surface area (Å²) in [5.41, 5.74) is 1.73. The summed E-state index contributed by atoms with van der Waals surface area (Å²) in [6.45, 7) is 14.3. The van der Waals surface area contributed by atoms with Crippen molar-refractivity contribution in [2.24, 2.45) is 28.8 Å². The van der Waals surface area contributed by atoms with Gasteiger partial charge in [0.25, 0.3) is 0 Å². The van der Waals surface area contributed by atoms with Crippen molar-refractivity contribution in [2.45, 2.75) is 122 Å². The summed E-state index contributed by atoms with van der Waals surface area (Å²) >= 11 is 0. The molecule has 5 aliphatic rings. The van der Waals surface area contributed by atoms with E-state index in [1.165, 1.54) is 5.57 Å². The third kappa shape index (κ3) is 6.79. The van der Waals surface area contributed by atoms with Crippen LogP contribution in [0.2, 0.25) is 0 Å². The molecule has 0 unspecified atom stereocenters. The van der Waals surface area contributed by atoms with Crippen LogP contribution < -0.4 is 0 Å². The third-order valence-corrected chi connectivity index (χ3v) is 10.1. The van der Waals surface area contributed by atoms with Gasteiger partial charge < -0.3 is 34.4 Å². The van der Waals surface area contributed by atoms with Gasteiger partial charge in [-0.1, -0.05) is 74.9 Å². The maximum absolute atomic E-state index is 14.1. The Kier molecular flexibility index (Phi) is 9.97. The number of rotatable bonds is 2. The lowest BCUT2D eigenvalue weighted by Gasteiger charge is -2.51. The van der Waals surface area contributed by atoms with Crippen molar-refractivity contribution < 1.29 is 39.2 Å². The van der Waals surface area contributed by atoms with E-state index in [9.17, 15) is 20.2 Å². The van der Waals surface area contributed by atoms with E-state index in [0.29, 0.717) is 29.9 Å². The number of fused-ring (bicyclic) bond motifs is 2. The zero-order chi connectivity index (χ0) is 32.7. The van der Waals surface area contributed by atoms with Crippen molar-refractivity contribution >= 4 is 11.7 Å². The van der Waals surface area contributed by atoms with Gasteiger partial charge in [0.2, 0.25) is 0 Å². The molecular formula is C36H51NO8. The molecule has 1 spiro atoms. The molecule has 45 heavy (non-hydrogen) atoms. The van der Waals surface area contributed by atoms with E-state index in [1.807, 2.05) is 19.9 Å². The Balaban J connectivity index is 1.54. The quantitative estimate of drug-likeness (QED) is 0.158. The lowest BCUT2D eigenvalue weighted by atomic mass is 9.71. The van der Waals surface area contributed by atoms with Crippen LogP contribution >= 0.6 is 0 Å². The minimum absolute atomic E-state index is 0.0831. The first-order valence-electron chi connectivity index (χ1n) is 16.5. The number of aliphatic hydroxyl groups excluding tert-OH is 1. The minimum atomic E-state index is -1.78. The number of oxime groups is 1. The molecule has 4 aliphatic heterocycles. The van der Waals surface area contributed by atoms with Crippen molar-refractivity contribution in [3.8, 4) is 0 Å². The fourth-order valence-electron chi connectivity index (χ4n) is 7.84. The molecule has 0 radical (unpaired) electrons. The molecule has 0 saturated carbocycles. The van der Waals surface area contributed by atoms with Gasteiger partial charge >= 0.3 is 5.97 Å². The number of carbonyl (C=O) groups is 1. The fourth-order valence-corrected chi connectivity index (χ4v) is 7.84. The molecule has 3 N–H and O–H groups in total. The third-order valence-electron chi connectivity index (χ3n) is 10.1. The van der Waals surface area contributed by atoms with Gasteiger partial charge in [-0.05, 0) is 62.2 Å². The normalized spacial score (nSPS) is 44.1. The fraction of sp³-hybridized carbons (Fsp3) is 0.667. The number of carbonyl (C=O) groups excluding carboxylic acids is 1. The molecule has 248 valence electrons. The summed E-state index contributed by atoms with van der Waals surface area (Å²) in [5.74, 6) is -2.40. The highest BCUT2D eigenvalue weighted by Gasteiger charge is 2.60. The Bertz CT molecular complexity index is 1330. The van der Waals surface area contributed by atoms with Crippen LogP contribution in [0, 0.1) is 23.7 Å². The molecular weight excluding hydrogens is 574 g/mol. The Morgan fingerprint density at radius 1 is 1.16 bits per heavy atom. The Hall–Kier alpha value is -2.56. The van der Waals surface area contributed by atoms with Crippen molar-refractivity contribution in [2.75, 3.05) is 6.61 Å². The van der Waals surface area contributed by atoms with Crippen LogP contribution in [-0.2, 0) is 23.7 Å². The molecule has 4 heterocycles. The van der Waals surface area contributed by atoms with Crippen LogP contribution in [0.5, 0.6) is 0 Å². The van der Waals surface area contributed by atoms with Crippen LogP contribution in [0.3, 0.4) is 0 Å². The average Bonchev–Trinajstić information content (AvgIpc) is 3.29. The molecule has 2 bridgehead atoms. The summed E-state index contributed by atoms with van der Waals surface area (Å²) in [7, 11) is 0. The second-order valence-corrected chi connectivity index (χ2v) is 14.3. The van der Waals surface area contributed by atoms with Crippen LogP contribution in [0.15, 0.2) is 63.9 Å². The molecule has 9 nitrogen and oxygen atoms in total. The van der Waals surface area contributed by atoms with Gasteiger partial charge in [0.05, 0.1) is 24.9 Å². The highest BCUT2D eigenvalue weighted by atomic mass is 16.7. The monoisotopic (exact) mass is 625 g/mol. The van der Waals surface area contributed by atoms with E-state index >= 15 is 0 Å². The van der Waals surface area contributed by atoms with E-state index in [0.717, 1.165) is 12.0 Å². The zero-order valence-corrected chi connectivity index (χ0v) is 27.7. The maximum Gasteiger partial charge on any atom is 0.316 e. The molecule has 0 aromatic carbocycles. The van der Waals surface area contributed by atoms with Gasteiger partial charge in [-0.25, -0.2) is 0 Å². The average molecular weight is 626 g/mol. The van der Waals surface area contributed by atoms with Gasteiger partial charge in [-0.3, -0.25) is 4.79 Å². The lowest BCUT2D eigenvalue weighted by molar-refractivity contribution is -0.342. The van der Waals surface area contributed by atoms with Gasteiger partial charge in [-0.15, -0.1) is 0 Å². The summed E-state index contributed by atoms with van der Waals surface area (Å²) in [6.07, 6.45) is 11.2. The van der Waals surface area contributed by atoms with Crippen LogP contribution in [0.4, 0.5) is 0 Å². The van der Waals surface area contributed by atoms with Gasteiger partial charge in [0.1, 0.15) is 29.4 Å². The van der Waals surface area contributed by atoms with Gasteiger partial charge in [0.15, 0.2) is 5.79 Å². The number of nitrogens with zero attached hydrogens (tertiary/aromatic N) is 1. The van der Waals surface area contributed by atoms with Crippen molar-refractivity contribution in [1.29, 1.82) is 0 Å². The van der Waals surface area contributed by atoms with Crippen LogP contribution in [0.25, 0.3) is 0 Å². The predicted octanol–water partition coefficient (Wildman–Crippen LogP) is 5.56. The maximum atomic E-state index is 14.1. The van der Waals surface area contributed by atoms with Gasteiger partial charge in [-0.2, -0.15) is 0 Å². The van der Waals surface area contributed by atoms with Crippen LogP contribution in [-0.4, -0.2) is 75.6 Å². The Morgan fingerprint density at radius 2 is 1.91 bits per heavy atom. The van der Waals surface area contributed by atoms with E-state index in [-0.39, 0.29) is 49.2 Å². The minimum Gasteiger partial charge on any atom is -0.462 e. The molecule has 0 amide bonds. The number of hydrogen-bond acceptors (Lipinski definition) is 9. The standard InChI is InChI=1S/C36H51NO8/c1-20(2)13-24(6)32-25(7)30(38)18-35(45-32)17-28-16-27(44-35)12-11-22(4)14-21(3)9-8-10-26-19-42-33-31(37-41)23(5)15-29(34(39)43-28)36(26,33)40/h8-11,13,15,20-21,25,27-30,32-33,38,40-41H,12,14,16-19H2,1-7H3/b9-8-,22-11-,24-13+,26-10?,37-31-/t21-,25-,27+,28-,29-,30-,32+,33+,35-,36+/m0/s1. The SMILES string of the molecule is CC1=C[C@H]2C(=O)O[C@H]3C[C@@H](C/C=C(/C)C[C@@H](C)/C=C\C=C4CO[C@H](/C1=N\O)[C@@]42O)O[C@]1(C3)C[C@H](O)[C@H](C)[C@@H](/C(C)=C/C(C)C)O1. The smallest absolute Gasteiger partial charge is 0.316 e. The molecule has 3 saturated heterocycles. The summed E-state index contributed by atoms with van der Waals surface area (Å²) in [4.78, 5) is 14.1. The lowest BCUT2D eigenvalue weighted by Crippen LogP contribution is -2.59. The highest BCUT2D eigenvalue weighted by Crippen LogP contribution is 2.47. The topological polar surface area (TPSA) is 127 Å². The second-order valence-electron chi connectivity index (χ2n) is 14.3. The zero-order valence-electron chi connectivity index (χ0n) is 27.7. The second kappa shape index (κ2) is 13.3. The van der Waals surface area contributed by atoms with E-state index in [4.69, 9.17) is 18.9 Å². The number of ether oxygens (including phenoxy) is 4. The summed E-state index contributed by atoms with van der Waals surface area (Å²) in [6, 6.07) is 0. The van der Waals surface area contributed by atoms with E-state index < -0.39 is 41.6 Å². The summed E-state index contributed by atoms with van der Waals surface area (Å²) < 4.78 is 25.8. The number of allylic oxidation sites excluding steroid dienone is 5. The molecule has 0 aromatic heterocycles. The largest absolute Gasteiger partial charge is 0.462 e. The first kappa shape index (κ1) is 33.8. The van der Waals surface area contributed by atoms with Crippen molar-refractivity contribution in [3.63, 3.8) is 0 Å². The molecule has 10 atom stereocenters. The number of esters is 1. The predicted molar refractivity (Wildman–Crippen MR) is 171 cm³/mol. The molecule has 0 aromatic rings. The van der Waals surface area contributed by atoms with Gasteiger partial charge in [0, 0.05) is 25.2 Å². The highest BCUT2D eigenvalue weighted by molar-refractivity contribution is 6.06. The first-order valence-corrected chi connectivity index (χ1v) is 16.5. The molecule has 5 rings (SSSR count). The van der Waals surface area contributed by atoms with E-state index in [1.54, 1.807) is 19.1 Å².